The molecule has 0 aliphatic rings. The average Bonchev–Trinajstić information content (AvgIpc) is 2.09. The summed E-state index contributed by atoms with van der Waals surface area (Å²) in [6.45, 7) is 2.88. The number of aryl methyl sites for hydroxylation is 1. The van der Waals surface area contributed by atoms with Crippen LogP contribution in [-0.4, -0.2) is 18.6 Å². The van der Waals surface area contributed by atoms with Crippen molar-refractivity contribution in [2.24, 2.45) is 0 Å². The Balaban J connectivity index is 2.58. The van der Waals surface area contributed by atoms with Gasteiger partial charge in [0, 0.05) is 18.4 Å². The maximum atomic E-state index is 4.19. The summed E-state index contributed by atoms with van der Waals surface area (Å²) in [6.07, 6.45) is 6.01. The number of nitrogens with zero attached hydrogens (tertiary/aromatic N) is 1. The van der Waals surface area contributed by atoms with Gasteiger partial charge in [0.1, 0.15) is 0 Å². The Kier molecular flexibility index (Phi) is 3.48. The lowest BCUT2D eigenvalue weighted by Crippen LogP contribution is -2.03. The molecule has 1 aromatic rings. The predicted octanol–water partition coefficient (Wildman–Crippen LogP) is 1.62. The van der Waals surface area contributed by atoms with Gasteiger partial charge >= 0.3 is 0 Å². The van der Waals surface area contributed by atoms with Crippen LogP contribution in [-0.2, 0) is 0 Å². The molecule has 0 saturated heterocycles. The van der Waals surface area contributed by atoms with Gasteiger partial charge in [0.15, 0.2) is 0 Å². The summed E-state index contributed by atoms with van der Waals surface area (Å²) in [4.78, 5) is 4.19. The van der Waals surface area contributed by atoms with Crippen LogP contribution in [0.5, 0.6) is 0 Å². The van der Waals surface area contributed by atoms with Gasteiger partial charge < -0.3 is 5.32 Å². The van der Waals surface area contributed by atoms with Crippen LogP contribution >= 0.6 is 0 Å². The first kappa shape index (κ1) is 8.94. The third kappa shape index (κ3) is 2.84. The molecular weight excluding hydrogens is 148 g/mol. The Labute approximate surface area is 73.3 Å². The lowest BCUT2D eigenvalue weighted by molar-refractivity contribution is 0.922. The number of hydrogen-bond donors (Lipinski definition) is 1. The van der Waals surface area contributed by atoms with E-state index in [1.165, 1.54) is 0 Å². The molecular formula is C10H14N2. The van der Waals surface area contributed by atoms with E-state index in [1.807, 2.05) is 26.2 Å². The first-order valence-electron chi connectivity index (χ1n) is 4.06. The molecule has 0 amide bonds. The number of pyridine rings is 1. The molecule has 0 saturated carbocycles. The molecule has 1 aromatic heterocycles. The van der Waals surface area contributed by atoms with Gasteiger partial charge in [-0.3, -0.25) is 4.98 Å². The molecule has 0 aliphatic heterocycles. The van der Waals surface area contributed by atoms with Crippen molar-refractivity contribution in [1.29, 1.82) is 0 Å². The highest BCUT2D eigenvalue weighted by Crippen LogP contribution is 2.00. The van der Waals surface area contributed by atoms with Crippen LogP contribution in [0, 0.1) is 6.92 Å². The maximum absolute atomic E-state index is 4.19. The summed E-state index contributed by atoms with van der Waals surface area (Å²) in [5.74, 6) is 0. The normalized spacial score (nSPS) is 10.8. The molecule has 1 rings (SSSR count). The Morgan fingerprint density at radius 1 is 1.50 bits per heavy atom. The van der Waals surface area contributed by atoms with Gasteiger partial charge in [-0.2, -0.15) is 0 Å². The summed E-state index contributed by atoms with van der Waals surface area (Å²) in [5.41, 5.74) is 2.21. The van der Waals surface area contributed by atoms with Crippen molar-refractivity contribution in [3.05, 3.63) is 35.7 Å². The number of rotatable bonds is 3. The summed E-state index contributed by atoms with van der Waals surface area (Å²) < 4.78 is 0. The minimum Gasteiger partial charge on any atom is -0.316 e. The molecule has 0 bridgehead atoms. The van der Waals surface area contributed by atoms with Crippen molar-refractivity contribution in [2.45, 2.75) is 6.92 Å². The highest BCUT2D eigenvalue weighted by atomic mass is 14.8. The van der Waals surface area contributed by atoms with Gasteiger partial charge in [-0.15, -0.1) is 0 Å². The quantitative estimate of drug-likeness (QED) is 0.730. The van der Waals surface area contributed by atoms with Gasteiger partial charge in [-0.05, 0) is 25.6 Å². The molecule has 0 aliphatic carbocycles. The molecule has 0 radical (unpaired) electrons. The maximum Gasteiger partial charge on any atom is 0.0373 e. The molecule has 1 N–H and O–H groups in total. The smallest absolute Gasteiger partial charge is 0.0373 e. The zero-order valence-electron chi connectivity index (χ0n) is 7.54. The fourth-order valence-corrected chi connectivity index (χ4v) is 0.891. The minimum absolute atomic E-state index is 0.897. The second-order valence-electron chi connectivity index (χ2n) is 2.69. The molecule has 0 atom stereocenters. The third-order valence-corrected chi connectivity index (χ3v) is 1.57. The molecule has 2 heteroatoms. The van der Waals surface area contributed by atoms with E-state index >= 15 is 0 Å². The molecule has 64 valence electrons. The number of nitrogens with one attached hydrogen (secondary N) is 1. The lowest BCUT2D eigenvalue weighted by Gasteiger charge is -1.93. The van der Waals surface area contributed by atoms with Gasteiger partial charge in [-0.25, -0.2) is 0 Å². The zero-order chi connectivity index (χ0) is 8.81. The fraction of sp³-hybridized carbons (Fsp3) is 0.300. The first-order valence-corrected chi connectivity index (χ1v) is 4.06. The van der Waals surface area contributed by atoms with E-state index in [9.17, 15) is 0 Å². The van der Waals surface area contributed by atoms with E-state index in [4.69, 9.17) is 0 Å². The standard InChI is InChI=1S/C10H14N2/c1-9-5-6-10(8-12-9)4-3-7-11-2/h3-6,8,11H,7H2,1-2H3/b4-3+. The van der Waals surface area contributed by atoms with E-state index in [0.29, 0.717) is 0 Å². The second kappa shape index (κ2) is 4.67. The van der Waals surface area contributed by atoms with Gasteiger partial charge in [0.05, 0.1) is 0 Å². The van der Waals surface area contributed by atoms with E-state index in [-0.39, 0.29) is 0 Å². The molecule has 0 unspecified atom stereocenters. The average molecular weight is 162 g/mol. The topological polar surface area (TPSA) is 24.9 Å². The van der Waals surface area contributed by atoms with E-state index in [1.54, 1.807) is 0 Å². The Bertz CT molecular complexity index is 249. The van der Waals surface area contributed by atoms with Crippen LogP contribution in [0.15, 0.2) is 24.4 Å². The van der Waals surface area contributed by atoms with Gasteiger partial charge in [0.25, 0.3) is 0 Å². The molecule has 1 heterocycles. The monoisotopic (exact) mass is 162 g/mol. The lowest BCUT2D eigenvalue weighted by atomic mass is 10.2. The summed E-state index contributed by atoms with van der Waals surface area (Å²) in [7, 11) is 1.93. The predicted molar refractivity (Wildman–Crippen MR) is 51.9 cm³/mol. The third-order valence-electron chi connectivity index (χ3n) is 1.57. The summed E-state index contributed by atoms with van der Waals surface area (Å²) >= 11 is 0. The van der Waals surface area contributed by atoms with Crippen LogP contribution in [0.2, 0.25) is 0 Å². The van der Waals surface area contributed by atoms with Crippen molar-refractivity contribution < 1.29 is 0 Å². The van der Waals surface area contributed by atoms with E-state index in [0.717, 1.165) is 17.8 Å². The van der Waals surface area contributed by atoms with E-state index in [2.05, 4.69) is 28.5 Å². The molecule has 2 nitrogen and oxygen atoms in total. The van der Waals surface area contributed by atoms with Crippen LogP contribution in [0.4, 0.5) is 0 Å². The minimum atomic E-state index is 0.897. The Morgan fingerprint density at radius 3 is 2.92 bits per heavy atom. The van der Waals surface area contributed by atoms with Crippen molar-refractivity contribution in [3.8, 4) is 0 Å². The largest absolute Gasteiger partial charge is 0.316 e. The molecule has 12 heavy (non-hydrogen) atoms. The number of aromatic nitrogens is 1. The summed E-state index contributed by atoms with van der Waals surface area (Å²) in [5, 5.41) is 3.04. The molecule has 0 spiro atoms. The van der Waals surface area contributed by atoms with Gasteiger partial charge in [0.2, 0.25) is 0 Å². The Hall–Kier alpha value is -1.15. The highest BCUT2D eigenvalue weighted by Gasteiger charge is 1.85. The van der Waals surface area contributed by atoms with Crippen molar-refractivity contribution in [2.75, 3.05) is 13.6 Å². The van der Waals surface area contributed by atoms with Crippen LogP contribution < -0.4 is 5.32 Å². The fourth-order valence-electron chi connectivity index (χ4n) is 0.891. The molecule has 0 fully saturated rings. The van der Waals surface area contributed by atoms with Crippen molar-refractivity contribution in [1.82, 2.24) is 10.3 Å². The van der Waals surface area contributed by atoms with E-state index < -0.39 is 0 Å². The SMILES string of the molecule is CNC/C=C/c1ccc(C)nc1. The second-order valence-corrected chi connectivity index (χ2v) is 2.69. The molecule has 0 aromatic carbocycles. The number of likely N-dealkylation sites (N-methyl/N-ethyl adjacent to an activating group) is 1. The number of hydrogen-bond acceptors (Lipinski definition) is 2. The van der Waals surface area contributed by atoms with Crippen molar-refractivity contribution in [3.63, 3.8) is 0 Å². The van der Waals surface area contributed by atoms with Crippen LogP contribution in [0.3, 0.4) is 0 Å². The van der Waals surface area contributed by atoms with Crippen LogP contribution in [0.25, 0.3) is 6.08 Å². The first-order chi connectivity index (χ1) is 5.83. The Morgan fingerprint density at radius 2 is 2.33 bits per heavy atom. The zero-order valence-corrected chi connectivity index (χ0v) is 7.54. The van der Waals surface area contributed by atoms with Crippen LogP contribution in [0.1, 0.15) is 11.3 Å². The van der Waals surface area contributed by atoms with Gasteiger partial charge in [-0.1, -0.05) is 18.2 Å². The highest BCUT2D eigenvalue weighted by molar-refractivity contribution is 5.47. The summed E-state index contributed by atoms with van der Waals surface area (Å²) in [6, 6.07) is 4.08. The van der Waals surface area contributed by atoms with Crippen molar-refractivity contribution >= 4 is 6.08 Å².